The average molecular weight is 303 g/mol. The standard InChI is InChI=1S/C15H27BrO/c1-14(2)15(3)17-13-11-9-7-5-4-6-8-10-12-16/h1,3-13H2,2H3. The lowest BCUT2D eigenvalue weighted by atomic mass is 10.1. The first kappa shape index (κ1) is 16.8. The van der Waals surface area contributed by atoms with Crippen LogP contribution in [0.3, 0.4) is 0 Å². The Morgan fingerprint density at radius 3 is 1.82 bits per heavy atom. The molecular weight excluding hydrogens is 276 g/mol. The van der Waals surface area contributed by atoms with Crippen molar-refractivity contribution in [3.8, 4) is 0 Å². The van der Waals surface area contributed by atoms with Crippen LogP contribution in [-0.2, 0) is 4.74 Å². The molecule has 0 saturated heterocycles. The van der Waals surface area contributed by atoms with Crippen molar-refractivity contribution in [2.45, 2.75) is 58.3 Å². The molecule has 0 heterocycles. The Morgan fingerprint density at radius 2 is 1.35 bits per heavy atom. The van der Waals surface area contributed by atoms with E-state index >= 15 is 0 Å². The second-order valence-electron chi connectivity index (χ2n) is 4.57. The van der Waals surface area contributed by atoms with Gasteiger partial charge in [-0.3, -0.25) is 0 Å². The van der Waals surface area contributed by atoms with E-state index in [1.54, 1.807) is 0 Å². The highest BCUT2D eigenvalue weighted by Gasteiger charge is 1.95. The second kappa shape index (κ2) is 12.2. The quantitative estimate of drug-likeness (QED) is 0.197. The molecule has 100 valence electrons. The molecular formula is C15H27BrO. The van der Waals surface area contributed by atoms with E-state index in [1.807, 2.05) is 6.92 Å². The summed E-state index contributed by atoms with van der Waals surface area (Å²) in [6, 6.07) is 0. The Bertz CT molecular complexity index is 211. The van der Waals surface area contributed by atoms with Gasteiger partial charge >= 0.3 is 0 Å². The van der Waals surface area contributed by atoms with Crippen LogP contribution in [0.5, 0.6) is 0 Å². The normalized spacial score (nSPS) is 10.2. The first-order valence-electron chi connectivity index (χ1n) is 6.72. The zero-order valence-electron chi connectivity index (χ0n) is 11.3. The number of ether oxygens (including phenoxy) is 1. The molecule has 0 aromatic carbocycles. The van der Waals surface area contributed by atoms with Gasteiger partial charge in [0.1, 0.15) is 5.76 Å². The molecule has 0 radical (unpaired) electrons. The number of hydrogen-bond donors (Lipinski definition) is 0. The van der Waals surface area contributed by atoms with Crippen molar-refractivity contribution in [2.75, 3.05) is 11.9 Å². The Kier molecular flexibility index (Phi) is 12.1. The third kappa shape index (κ3) is 12.0. The van der Waals surface area contributed by atoms with Crippen molar-refractivity contribution in [2.24, 2.45) is 0 Å². The summed E-state index contributed by atoms with van der Waals surface area (Å²) >= 11 is 3.46. The lowest BCUT2D eigenvalue weighted by Gasteiger charge is -2.08. The molecule has 0 rings (SSSR count). The largest absolute Gasteiger partial charge is 0.494 e. The number of alkyl halides is 1. The minimum Gasteiger partial charge on any atom is -0.494 e. The van der Waals surface area contributed by atoms with Crippen LogP contribution in [-0.4, -0.2) is 11.9 Å². The second-order valence-corrected chi connectivity index (χ2v) is 5.36. The molecule has 2 heteroatoms. The molecule has 0 N–H and O–H groups in total. The lowest BCUT2D eigenvalue weighted by molar-refractivity contribution is 0.214. The monoisotopic (exact) mass is 302 g/mol. The third-order valence-corrected chi connectivity index (χ3v) is 3.34. The van der Waals surface area contributed by atoms with Crippen LogP contribution in [0.4, 0.5) is 0 Å². The molecule has 0 bridgehead atoms. The molecule has 0 aliphatic carbocycles. The summed E-state index contributed by atoms with van der Waals surface area (Å²) in [5.74, 6) is 0.736. The van der Waals surface area contributed by atoms with Gasteiger partial charge in [-0.05, 0) is 25.3 Å². The van der Waals surface area contributed by atoms with Gasteiger partial charge in [-0.15, -0.1) is 0 Å². The van der Waals surface area contributed by atoms with Crippen LogP contribution in [0.2, 0.25) is 0 Å². The molecule has 0 aliphatic rings. The van der Waals surface area contributed by atoms with Crippen LogP contribution in [0, 0.1) is 0 Å². The maximum atomic E-state index is 5.46. The summed E-state index contributed by atoms with van der Waals surface area (Å²) < 4.78 is 5.46. The van der Waals surface area contributed by atoms with Gasteiger partial charge in [-0.2, -0.15) is 0 Å². The molecule has 0 fully saturated rings. The predicted octanol–water partition coefficient (Wildman–Crippen LogP) is 5.61. The Labute approximate surface area is 115 Å². The van der Waals surface area contributed by atoms with Crippen molar-refractivity contribution < 1.29 is 4.74 Å². The highest BCUT2D eigenvalue weighted by Crippen LogP contribution is 2.11. The maximum absolute atomic E-state index is 5.46. The molecule has 1 nitrogen and oxygen atoms in total. The maximum Gasteiger partial charge on any atom is 0.114 e. The van der Waals surface area contributed by atoms with Crippen molar-refractivity contribution in [1.82, 2.24) is 0 Å². The summed E-state index contributed by atoms with van der Waals surface area (Å²) in [6.45, 7) is 10.3. The van der Waals surface area contributed by atoms with Gasteiger partial charge in [0.2, 0.25) is 0 Å². The molecule has 0 unspecified atom stereocenters. The first-order chi connectivity index (χ1) is 8.18. The summed E-state index contributed by atoms with van der Waals surface area (Å²) in [5, 5.41) is 1.15. The van der Waals surface area contributed by atoms with E-state index in [9.17, 15) is 0 Å². The van der Waals surface area contributed by atoms with E-state index in [0.29, 0.717) is 0 Å². The van der Waals surface area contributed by atoms with E-state index in [-0.39, 0.29) is 0 Å². The van der Waals surface area contributed by atoms with Crippen molar-refractivity contribution in [3.05, 3.63) is 24.5 Å². The van der Waals surface area contributed by atoms with Crippen LogP contribution in [0.15, 0.2) is 24.5 Å². The molecule has 0 aromatic rings. The lowest BCUT2D eigenvalue weighted by Crippen LogP contribution is -1.94. The van der Waals surface area contributed by atoms with Gasteiger partial charge in [-0.25, -0.2) is 0 Å². The van der Waals surface area contributed by atoms with Gasteiger partial charge < -0.3 is 4.74 Å². The minimum absolute atomic E-state index is 0.736. The van der Waals surface area contributed by atoms with Crippen LogP contribution < -0.4 is 0 Å². The third-order valence-electron chi connectivity index (χ3n) is 2.78. The summed E-state index contributed by atoms with van der Waals surface area (Å²) in [5.41, 5.74) is 0.928. The summed E-state index contributed by atoms with van der Waals surface area (Å²) in [6.07, 6.45) is 10.5. The zero-order valence-corrected chi connectivity index (χ0v) is 12.9. The summed E-state index contributed by atoms with van der Waals surface area (Å²) in [7, 11) is 0. The van der Waals surface area contributed by atoms with E-state index in [0.717, 1.165) is 29.7 Å². The van der Waals surface area contributed by atoms with Gasteiger partial charge in [0.15, 0.2) is 0 Å². The molecule has 0 aromatic heterocycles. The van der Waals surface area contributed by atoms with Gasteiger partial charge in [-0.1, -0.05) is 67.6 Å². The van der Waals surface area contributed by atoms with Crippen LogP contribution in [0.25, 0.3) is 0 Å². The molecule has 17 heavy (non-hydrogen) atoms. The van der Waals surface area contributed by atoms with E-state index in [2.05, 4.69) is 29.1 Å². The zero-order chi connectivity index (χ0) is 12.9. The Morgan fingerprint density at radius 1 is 0.882 bits per heavy atom. The first-order valence-corrected chi connectivity index (χ1v) is 7.84. The number of allylic oxidation sites excluding steroid dienone is 1. The number of halogens is 1. The van der Waals surface area contributed by atoms with Crippen molar-refractivity contribution in [3.63, 3.8) is 0 Å². The van der Waals surface area contributed by atoms with Crippen molar-refractivity contribution >= 4 is 15.9 Å². The molecule has 0 spiro atoms. The smallest absolute Gasteiger partial charge is 0.114 e. The fourth-order valence-corrected chi connectivity index (χ4v) is 1.97. The average Bonchev–Trinajstić information content (AvgIpc) is 2.31. The topological polar surface area (TPSA) is 9.23 Å². The van der Waals surface area contributed by atoms with E-state index in [4.69, 9.17) is 4.74 Å². The predicted molar refractivity (Wildman–Crippen MR) is 80.6 cm³/mol. The van der Waals surface area contributed by atoms with Gasteiger partial charge in [0.05, 0.1) is 6.61 Å². The van der Waals surface area contributed by atoms with Gasteiger partial charge in [0.25, 0.3) is 0 Å². The number of unbranched alkanes of at least 4 members (excludes halogenated alkanes) is 7. The fourth-order valence-electron chi connectivity index (χ4n) is 1.58. The fraction of sp³-hybridized carbons (Fsp3) is 0.733. The van der Waals surface area contributed by atoms with E-state index < -0.39 is 0 Å². The summed E-state index contributed by atoms with van der Waals surface area (Å²) in [4.78, 5) is 0. The molecule has 0 amide bonds. The Hall–Kier alpha value is -0.240. The molecule has 0 atom stereocenters. The van der Waals surface area contributed by atoms with Crippen molar-refractivity contribution in [1.29, 1.82) is 0 Å². The highest BCUT2D eigenvalue weighted by molar-refractivity contribution is 9.09. The van der Waals surface area contributed by atoms with Crippen LogP contribution >= 0.6 is 15.9 Å². The highest BCUT2D eigenvalue weighted by atomic mass is 79.9. The Balaban J connectivity index is 3.08. The SMILES string of the molecule is C=C(C)C(=C)OCCCCCCCCCCBr. The number of rotatable bonds is 12. The minimum atomic E-state index is 0.736. The molecule has 0 aliphatic heterocycles. The number of hydrogen-bond acceptors (Lipinski definition) is 1. The van der Waals surface area contributed by atoms with E-state index in [1.165, 1.54) is 44.9 Å². The van der Waals surface area contributed by atoms with Crippen LogP contribution in [0.1, 0.15) is 58.3 Å². The molecule has 0 saturated carbocycles. The van der Waals surface area contributed by atoms with Gasteiger partial charge in [0, 0.05) is 5.33 Å².